The van der Waals surface area contributed by atoms with Crippen LogP contribution >= 0.6 is 0 Å². The normalized spacial score (nSPS) is 11.8. The molecule has 3 aromatic heterocycles. The van der Waals surface area contributed by atoms with Crippen molar-refractivity contribution < 1.29 is 4.42 Å². The molecule has 3 heterocycles. The Bertz CT molecular complexity index is 2770. The number of aromatic nitrogens is 2. The van der Waals surface area contributed by atoms with Crippen LogP contribution in [0.2, 0.25) is 0 Å². The van der Waals surface area contributed by atoms with Crippen molar-refractivity contribution >= 4 is 71.8 Å². The topological polar surface area (TPSA) is 26.2 Å². The van der Waals surface area contributed by atoms with Crippen molar-refractivity contribution in [2.24, 2.45) is 0 Å². The second kappa shape index (κ2) is 10.5. The molecule has 0 N–H and O–H groups in total. The van der Waals surface area contributed by atoms with Crippen molar-refractivity contribution in [2.75, 3.05) is 4.90 Å². The van der Waals surface area contributed by atoms with Gasteiger partial charge in [-0.3, -0.25) is 9.13 Å². The van der Waals surface area contributed by atoms with Crippen LogP contribution in [0.15, 0.2) is 180 Å². The van der Waals surface area contributed by atoms with Gasteiger partial charge in [-0.25, -0.2) is 0 Å². The van der Waals surface area contributed by atoms with Crippen LogP contribution in [0, 0.1) is 0 Å². The standard InChI is InChI=1S/C44H29N3O/c1-4-15-30(16-5-1)45(33-27-28-41-37(29-33)34-21-11-13-26-40(34)48-41)39-25-14-23-36-42-35-22-10-12-24-38(35)46(31-17-6-2-7-18-31)44(42)47(43(36)39)32-19-8-3-9-20-32/h1-29H. The van der Waals surface area contributed by atoms with E-state index in [9.17, 15) is 0 Å². The molecule has 0 amide bonds. The zero-order valence-corrected chi connectivity index (χ0v) is 26.0. The minimum Gasteiger partial charge on any atom is -0.456 e. The molecule has 7 aromatic carbocycles. The molecule has 10 aromatic rings. The maximum Gasteiger partial charge on any atom is 0.135 e. The molecule has 4 nitrogen and oxygen atoms in total. The zero-order valence-electron chi connectivity index (χ0n) is 26.0. The molecule has 0 unspecified atom stereocenters. The van der Waals surface area contributed by atoms with E-state index in [1.165, 1.54) is 21.7 Å². The molecule has 0 aliphatic carbocycles. The Labute approximate surface area is 276 Å². The highest BCUT2D eigenvalue weighted by Gasteiger charge is 2.26. The van der Waals surface area contributed by atoms with E-state index in [2.05, 4.69) is 178 Å². The van der Waals surface area contributed by atoms with Gasteiger partial charge in [-0.15, -0.1) is 0 Å². The third-order valence-corrected chi connectivity index (χ3v) is 9.47. The number of nitrogens with zero attached hydrogens (tertiary/aromatic N) is 3. The van der Waals surface area contributed by atoms with E-state index >= 15 is 0 Å². The summed E-state index contributed by atoms with van der Waals surface area (Å²) in [6, 6.07) is 62.4. The van der Waals surface area contributed by atoms with Gasteiger partial charge in [0.2, 0.25) is 0 Å². The predicted molar refractivity (Wildman–Crippen MR) is 200 cm³/mol. The van der Waals surface area contributed by atoms with Crippen LogP contribution in [0.25, 0.3) is 66.2 Å². The summed E-state index contributed by atoms with van der Waals surface area (Å²) in [5.74, 6) is 0. The van der Waals surface area contributed by atoms with Crippen molar-refractivity contribution in [3.8, 4) is 11.4 Å². The summed E-state index contributed by atoms with van der Waals surface area (Å²) in [6.07, 6.45) is 0. The van der Waals surface area contributed by atoms with Crippen LogP contribution in [0.3, 0.4) is 0 Å². The summed E-state index contributed by atoms with van der Waals surface area (Å²) in [5.41, 5.74) is 10.7. The van der Waals surface area contributed by atoms with E-state index in [1.807, 2.05) is 12.1 Å². The Morgan fingerprint density at radius 1 is 0.417 bits per heavy atom. The Morgan fingerprint density at radius 3 is 1.79 bits per heavy atom. The minimum atomic E-state index is 0.882. The van der Waals surface area contributed by atoms with Crippen LogP contribution in [-0.4, -0.2) is 9.13 Å². The highest BCUT2D eigenvalue weighted by Crippen LogP contribution is 2.47. The van der Waals surface area contributed by atoms with E-state index in [1.54, 1.807) is 0 Å². The summed E-state index contributed by atoms with van der Waals surface area (Å²) in [6.45, 7) is 0. The van der Waals surface area contributed by atoms with Crippen molar-refractivity contribution in [1.82, 2.24) is 9.13 Å². The summed E-state index contributed by atoms with van der Waals surface area (Å²) in [4.78, 5) is 2.39. The third kappa shape index (κ3) is 3.90. The van der Waals surface area contributed by atoms with Gasteiger partial charge in [0, 0.05) is 49.7 Å². The first-order valence-electron chi connectivity index (χ1n) is 16.3. The van der Waals surface area contributed by atoms with Crippen molar-refractivity contribution in [2.45, 2.75) is 0 Å². The van der Waals surface area contributed by atoms with E-state index in [0.29, 0.717) is 0 Å². The van der Waals surface area contributed by atoms with E-state index in [0.717, 1.165) is 61.5 Å². The van der Waals surface area contributed by atoms with Crippen LogP contribution in [0.1, 0.15) is 0 Å². The van der Waals surface area contributed by atoms with Crippen LogP contribution < -0.4 is 4.90 Å². The average Bonchev–Trinajstić information content (AvgIpc) is 3.81. The summed E-state index contributed by atoms with van der Waals surface area (Å²) in [7, 11) is 0. The van der Waals surface area contributed by atoms with Crippen molar-refractivity contribution in [1.29, 1.82) is 0 Å². The number of fused-ring (bicyclic) bond motifs is 8. The molecule has 226 valence electrons. The Morgan fingerprint density at radius 2 is 1.02 bits per heavy atom. The number of furan rings is 1. The van der Waals surface area contributed by atoms with Gasteiger partial charge in [0.05, 0.1) is 16.7 Å². The zero-order chi connectivity index (χ0) is 31.6. The molecule has 0 fully saturated rings. The summed E-state index contributed by atoms with van der Waals surface area (Å²) >= 11 is 0. The van der Waals surface area contributed by atoms with E-state index in [-0.39, 0.29) is 0 Å². The van der Waals surface area contributed by atoms with Crippen molar-refractivity contribution in [3.05, 3.63) is 176 Å². The fourth-order valence-corrected chi connectivity index (χ4v) is 7.48. The van der Waals surface area contributed by atoms with Gasteiger partial charge in [0.1, 0.15) is 16.8 Å². The maximum absolute atomic E-state index is 6.25. The fraction of sp³-hybridized carbons (Fsp3) is 0. The second-order valence-corrected chi connectivity index (χ2v) is 12.2. The average molecular weight is 616 g/mol. The smallest absolute Gasteiger partial charge is 0.135 e. The molecule has 4 heteroatoms. The molecule has 0 spiro atoms. The molecule has 0 saturated carbocycles. The summed E-state index contributed by atoms with van der Waals surface area (Å²) in [5, 5.41) is 5.88. The van der Waals surface area contributed by atoms with Gasteiger partial charge >= 0.3 is 0 Å². The van der Waals surface area contributed by atoms with Gasteiger partial charge in [0.15, 0.2) is 0 Å². The van der Waals surface area contributed by atoms with Gasteiger partial charge in [-0.2, -0.15) is 0 Å². The molecule has 0 aliphatic rings. The molecule has 0 bridgehead atoms. The van der Waals surface area contributed by atoms with Gasteiger partial charge < -0.3 is 9.32 Å². The Balaban J connectivity index is 1.37. The molecule has 0 saturated heterocycles. The minimum absolute atomic E-state index is 0.882. The number of hydrogen-bond donors (Lipinski definition) is 0. The molecule has 0 atom stereocenters. The quantitative estimate of drug-likeness (QED) is 0.193. The number of benzene rings is 7. The van der Waals surface area contributed by atoms with Crippen LogP contribution in [0.5, 0.6) is 0 Å². The lowest BCUT2D eigenvalue weighted by Gasteiger charge is -2.27. The highest BCUT2D eigenvalue weighted by molar-refractivity contribution is 6.24. The first kappa shape index (κ1) is 26.7. The number of para-hydroxylation sites is 6. The summed E-state index contributed by atoms with van der Waals surface area (Å²) < 4.78 is 11.1. The van der Waals surface area contributed by atoms with Gasteiger partial charge in [0.25, 0.3) is 0 Å². The number of rotatable bonds is 5. The lowest BCUT2D eigenvalue weighted by molar-refractivity contribution is 0.669. The molecule has 48 heavy (non-hydrogen) atoms. The first-order valence-corrected chi connectivity index (χ1v) is 16.3. The number of hydrogen-bond acceptors (Lipinski definition) is 2. The third-order valence-electron chi connectivity index (χ3n) is 9.47. The first-order chi connectivity index (χ1) is 23.8. The lowest BCUT2D eigenvalue weighted by atomic mass is 10.1. The second-order valence-electron chi connectivity index (χ2n) is 12.2. The monoisotopic (exact) mass is 615 g/mol. The molecular weight excluding hydrogens is 587 g/mol. The molecule has 0 radical (unpaired) electrons. The Kier molecular flexibility index (Phi) is 5.84. The lowest BCUT2D eigenvalue weighted by Crippen LogP contribution is -2.12. The van der Waals surface area contributed by atoms with E-state index < -0.39 is 0 Å². The van der Waals surface area contributed by atoms with Gasteiger partial charge in [-0.1, -0.05) is 103 Å². The number of anilines is 3. The molecular formula is C44H29N3O. The van der Waals surface area contributed by atoms with Crippen LogP contribution in [-0.2, 0) is 0 Å². The fourth-order valence-electron chi connectivity index (χ4n) is 7.48. The Hall–Kier alpha value is -6.52. The van der Waals surface area contributed by atoms with Gasteiger partial charge in [-0.05, 0) is 72.8 Å². The van der Waals surface area contributed by atoms with Crippen LogP contribution in [0.4, 0.5) is 17.1 Å². The molecule has 0 aliphatic heterocycles. The highest BCUT2D eigenvalue weighted by atomic mass is 16.3. The predicted octanol–water partition coefficient (Wildman–Crippen LogP) is 12.1. The maximum atomic E-state index is 6.25. The largest absolute Gasteiger partial charge is 0.456 e. The molecule has 10 rings (SSSR count). The van der Waals surface area contributed by atoms with E-state index in [4.69, 9.17) is 4.42 Å². The SMILES string of the molecule is c1ccc(N(c2ccc3oc4ccccc4c3c2)c2cccc3c4c5ccccc5n(-c5ccccc5)c4n(-c4ccccc4)c23)cc1. The van der Waals surface area contributed by atoms with Crippen molar-refractivity contribution in [3.63, 3.8) is 0 Å².